The third-order valence-corrected chi connectivity index (χ3v) is 5.46. The Morgan fingerprint density at radius 3 is 2.42 bits per heavy atom. The van der Waals surface area contributed by atoms with Crippen LogP contribution in [0.5, 0.6) is 0 Å². The van der Waals surface area contributed by atoms with Crippen LogP contribution in [0.15, 0.2) is 0 Å². The first-order chi connectivity index (χ1) is 9.10. The molecule has 5 atom stereocenters. The van der Waals surface area contributed by atoms with Gasteiger partial charge in [-0.05, 0) is 69.9 Å². The minimum atomic E-state index is 0.771. The first kappa shape index (κ1) is 15.3. The molecule has 19 heavy (non-hydrogen) atoms. The molecule has 1 aliphatic carbocycles. The van der Waals surface area contributed by atoms with Crippen LogP contribution >= 0.6 is 0 Å². The van der Waals surface area contributed by atoms with Crippen molar-refractivity contribution < 1.29 is 0 Å². The monoisotopic (exact) mass is 266 g/mol. The van der Waals surface area contributed by atoms with Gasteiger partial charge in [0.05, 0.1) is 0 Å². The number of nitrogens with one attached hydrogen (secondary N) is 1. The second-order valence-corrected chi connectivity index (χ2v) is 7.32. The van der Waals surface area contributed by atoms with Gasteiger partial charge in [0.15, 0.2) is 0 Å². The van der Waals surface area contributed by atoms with Gasteiger partial charge in [0.25, 0.3) is 0 Å². The third-order valence-electron chi connectivity index (χ3n) is 5.46. The van der Waals surface area contributed by atoms with Crippen LogP contribution in [0.25, 0.3) is 0 Å². The Kier molecular flexibility index (Phi) is 5.70. The predicted molar refractivity (Wildman–Crippen MR) is 83.4 cm³/mol. The predicted octanol–water partition coefficient (Wildman–Crippen LogP) is 3.52. The Morgan fingerprint density at radius 2 is 1.74 bits per heavy atom. The molecule has 112 valence electrons. The lowest BCUT2D eigenvalue weighted by Gasteiger charge is -2.43. The third kappa shape index (κ3) is 4.19. The maximum Gasteiger partial charge on any atom is 0.0108 e. The first-order valence-corrected chi connectivity index (χ1v) is 8.57. The van der Waals surface area contributed by atoms with E-state index in [0.29, 0.717) is 0 Å². The largest absolute Gasteiger partial charge is 0.314 e. The van der Waals surface area contributed by atoms with E-state index in [4.69, 9.17) is 0 Å². The summed E-state index contributed by atoms with van der Waals surface area (Å²) in [7, 11) is 0. The topological polar surface area (TPSA) is 15.3 Å². The van der Waals surface area contributed by atoms with Crippen LogP contribution in [0.3, 0.4) is 0 Å². The van der Waals surface area contributed by atoms with Gasteiger partial charge in [-0.15, -0.1) is 0 Å². The molecule has 1 saturated carbocycles. The van der Waals surface area contributed by atoms with Crippen molar-refractivity contribution in [3.05, 3.63) is 0 Å². The summed E-state index contributed by atoms with van der Waals surface area (Å²) in [4.78, 5) is 2.77. The lowest BCUT2D eigenvalue weighted by molar-refractivity contribution is 0.0796. The zero-order valence-corrected chi connectivity index (χ0v) is 13.5. The Labute approximate surface area is 120 Å². The molecule has 0 bridgehead atoms. The summed E-state index contributed by atoms with van der Waals surface area (Å²) in [6, 6.07) is 1.57. The van der Waals surface area contributed by atoms with E-state index in [-0.39, 0.29) is 0 Å². The zero-order valence-electron chi connectivity index (χ0n) is 13.5. The van der Waals surface area contributed by atoms with Gasteiger partial charge in [-0.3, -0.25) is 0 Å². The van der Waals surface area contributed by atoms with Crippen LogP contribution in [0.1, 0.15) is 59.8 Å². The molecule has 1 N–H and O–H groups in total. The van der Waals surface area contributed by atoms with E-state index in [1.54, 1.807) is 0 Å². The SMILES string of the molecule is CCNC1CCC(C)CC1CN1CCC(C)CC1C. The number of piperidine rings is 1. The molecule has 0 spiro atoms. The Morgan fingerprint density at radius 1 is 1.00 bits per heavy atom. The molecule has 5 unspecified atom stereocenters. The Balaban J connectivity index is 1.90. The second kappa shape index (κ2) is 7.08. The fourth-order valence-electron chi connectivity index (χ4n) is 4.26. The van der Waals surface area contributed by atoms with Gasteiger partial charge in [0.2, 0.25) is 0 Å². The van der Waals surface area contributed by atoms with Gasteiger partial charge in [-0.25, -0.2) is 0 Å². The van der Waals surface area contributed by atoms with E-state index in [2.05, 4.69) is 37.9 Å². The fourth-order valence-corrected chi connectivity index (χ4v) is 4.26. The molecular formula is C17H34N2. The van der Waals surface area contributed by atoms with Crippen molar-refractivity contribution in [3.8, 4) is 0 Å². The van der Waals surface area contributed by atoms with Crippen molar-refractivity contribution in [2.75, 3.05) is 19.6 Å². The van der Waals surface area contributed by atoms with Crippen LogP contribution in [0.2, 0.25) is 0 Å². The minimum Gasteiger partial charge on any atom is -0.314 e. The smallest absolute Gasteiger partial charge is 0.0108 e. The highest BCUT2D eigenvalue weighted by Crippen LogP contribution is 2.32. The number of hydrogen-bond acceptors (Lipinski definition) is 2. The second-order valence-electron chi connectivity index (χ2n) is 7.32. The van der Waals surface area contributed by atoms with Crippen molar-refractivity contribution in [3.63, 3.8) is 0 Å². The molecular weight excluding hydrogens is 232 g/mol. The lowest BCUT2D eigenvalue weighted by atomic mass is 9.78. The quantitative estimate of drug-likeness (QED) is 0.837. The van der Waals surface area contributed by atoms with E-state index < -0.39 is 0 Å². The maximum absolute atomic E-state index is 3.74. The molecule has 0 amide bonds. The fraction of sp³-hybridized carbons (Fsp3) is 1.00. The zero-order chi connectivity index (χ0) is 13.8. The van der Waals surface area contributed by atoms with Crippen molar-refractivity contribution in [1.29, 1.82) is 0 Å². The van der Waals surface area contributed by atoms with Gasteiger partial charge < -0.3 is 10.2 Å². The molecule has 2 rings (SSSR count). The first-order valence-electron chi connectivity index (χ1n) is 8.57. The Hall–Kier alpha value is -0.0800. The van der Waals surface area contributed by atoms with Gasteiger partial charge >= 0.3 is 0 Å². The summed E-state index contributed by atoms with van der Waals surface area (Å²) in [5, 5.41) is 3.74. The standard InChI is InChI=1S/C17H34N2/c1-5-18-17-7-6-13(2)11-16(17)12-19-9-8-14(3)10-15(19)4/h13-18H,5-12H2,1-4H3. The number of rotatable bonds is 4. The number of nitrogens with zero attached hydrogens (tertiary/aromatic N) is 1. The summed E-state index contributed by atoms with van der Waals surface area (Å²) in [5.41, 5.74) is 0. The van der Waals surface area contributed by atoms with E-state index in [1.165, 1.54) is 45.2 Å². The van der Waals surface area contributed by atoms with E-state index in [1.807, 2.05) is 0 Å². The van der Waals surface area contributed by atoms with E-state index >= 15 is 0 Å². The van der Waals surface area contributed by atoms with Crippen LogP contribution in [0, 0.1) is 17.8 Å². The molecule has 2 heteroatoms. The van der Waals surface area contributed by atoms with Crippen molar-refractivity contribution in [2.45, 2.75) is 71.9 Å². The van der Waals surface area contributed by atoms with Gasteiger partial charge in [0, 0.05) is 18.6 Å². The number of hydrogen-bond donors (Lipinski definition) is 1. The van der Waals surface area contributed by atoms with Crippen LogP contribution in [0.4, 0.5) is 0 Å². The highest BCUT2D eigenvalue weighted by Gasteiger charge is 2.32. The summed E-state index contributed by atoms with van der Waals surface area (Å²) in [5.74, 6) is 2.74. The average Bonchev–Trinajstić information content (AvgIpc) is 2.36. The molecule has 2 nitrogen and oxygen atoms in total. The van der Waals surface area contributed by atoms with Crippen LogP contribution < -0.4 is 5.32 Å². The molecule has 1 heterocycles. The summed E-state index contributed by atoms with van der Waals surface area (Å²) in [6.45, 7) is 13.3. The highest BCUT2D eigenvalue weighted by molar-refractivity contribution is 4.87. The summed E-state index contributed by atoms with van der Waals surface area (Å²) >= 11 is 0. The molecule has 1 saturated heterocycles. The van der Waals surface area contributed by atoms with Gasteiger partial charge in [-0.2, -0.15) is 0 Å². The summed E-state index contributed by atoms with van der Waals surface area (Å²) < 4.78 is 0. The molecule has 0 radical (unpaired) electrons. The van der Waals surface area contributed by atoms with Gasteiger partial charge in [0.1, 0.15) is 0 Å². The molecule has 0 aromatic rings. The molecule has 2 fully saturated rings. The van der Waals surface area contributed by atoms with E-state index in [9.17, 15) is 0 Å². The lowest BCUT2D eigenvalue weighted by Crippen LogP contribution is -2.49. The Bertz CT molecular complexity index is 266. The molecule has 2 aliphatic rings. The van der Waals surface area contributed by atoms with Crippen LogP contribution in [-0.2, 0) is 0 Å². The normalized spacial score (nSPS) is 41.4. The minimum absolute atomic E-state index is 0.771. The van der Waals surface area contributed by atoms with Crippen molar-refractivity contribution >= 4 is 0 Å². The van der Waals surface area contributed by atoms with Crippen molar-refractivity contribution in [2.24, 2.45) is 17.8 Å². The molecule has 0 aromatic heterocycles. The number of likely N-dealkylation sites (tertiary alicyclic amines) is 1. The highest BCUT2D eigenvalue weighted by atomic mass is 15.2. The van der Waals surface area contributed by atoms with E-state index in [0.717, 1.165) is 36.4 Å². The molecule has 0 aromatic carbocycles. The molecule has 1 aliphatic heterocycles. The maximum atomic E-state index is 3.74. The summed E-state index contributed by atoms with van der Waals surface area (Å²) in [6.07, 6.45) is 7.03. The van der Waals surface area contributed by atoms with Crippen molar-refractivity contribution in [1.82, 2.24) is 10.2 Å². The average molecular weight is 266 g/mol. The van der Waals surface area contributed by atoms with Gasteiger partial charge in [-0.1, -0.05) is 20.8 Å². The van der Waals surface area contributed by atoms with Crippen LogP contribution in [-0.4, -0.2) is 36.6 Å².